The lowest BCUT2D eigenvalue weighted by Crippen LogP contribution is -2.10. The molecular weight excluding hydrogens is 228 g/mol. The van der Waals surface area contributed by atoms with Gasteiger partial charge in [0, 0.05) is 10.6 Å². The summed E-state index contributed by atoms with van der Waals surface area (Å²) in [6.45, 7) is 6.47. The molecule has 0 aliphatic carbocycles. The van der Waals surface area contributed by atoms with Crippen molar-refractivity contribution in [2.45, 2.75) is 51.3 Å². The zero-order chi connectivity index (χ0) is 12.7. The van der Waals surface area contributed by atoms with Crippen molar-refractivity contribution in [1.29, 1.82) is 0 Å². The van der Waals surface area contributed by atoms with Gasteiger partial charge in [-0.15, -0.1) is 0 Å². The maximum atomic E-state index is 12.2. The predicted molar refractivity (Wildman–Crippen MR) is 75.8 cm³/mol. The fourth-order valence-corrected chi connectivity index (χ4v) is 3.36. The van der Waals surface area contributed by atoms with Gasteiger partial charge in [0.05, 0.1) is 10.8 Å². The van der Waals surface area contributed by atoms with Crippen LogP contribution in [0.25, 0.3) is 0 Å². The van der Waals surface area contributed by atoms with E-state index in [9.17, 15) is 4.21 Å². The largest absolute Gasteiger partial charge is 0.254 e. The first-order valence-corrected chi connectivity index (χ1v) is 7.94. The first-order chi connectivity index (χ1) is 8.17. The highest BCUT2D eigenvalue weighted by Crippen LogP contribution is 2.17. The molecule has 17 heavy (non-hydrogen) atoms. The Morgan fingerprint density at radius 2 is 1.82 bits per heavy atom. The second-order valence-electron chi connectivity index (χ2n) is 4.74. The highest BCUT2D eigenvalue weighted by atomic mass is 32.2. The highest BCUT2D eigenvalue weighted by Gasteiger charge is 2.11. The minimum Gasteiger partial charge on any atom is -0.254 e. The van der Waals surface area contributed by atoms with E-state index in [2.05, 4.69) is 20.8 Å². The summed E-state index contributed by atoms with van der Waals surface area (Å²) in [7, 11) is -0.825. The Hall–Kier alpha value is -0.630. The molecule has 0 bridgehead atoms. The normalized spacial score (nSPS) is 14.5. The third-order valence-electron chi connectivity index (χ3n) is 3.21. The van der Waals surface area contributed by atoms with Crippen molar-refractivity contribution in [3.8, 4) is 0 Å². The van der Waals surface area contributed by atoms with Gasteiger partial charge >= 0.3 is 0 Å². The van der Waals surface area contributed by atoms with E-state index in [0.29, 0.717) is 5.92 Å². The van der Waals surface area contributed by atoms with E-state index in [1.165, 1.54) is 24.8 Å². The maximum absolute atomic E-state index is 12.2. The van der Waals surface area contributed by atoms with Gasteiger partial charge in [-0.25, -0.2) is 0 Å². The van der Waals surface area contributed by atoms with E-state index >= 15 is 0 Å². The van der Waals surface area contributed by atoms with Crippen molar-refractivity contribution in [2.24, 2.45) is 5.92 Å². The fourth-order valence-electron chi connectivity index (χ4n) is 1.90. The lowest BCUT2D eigenvalue weighted by atomic mass is 10.0. The molecule has 0 radical (unpaired) electrons. The molecule has 0 fully saturated rings. The summed E-state index contributed by atoms with van der Waals surface area (Å²) >= 11 is 0. The average molecular weight is 252 g/mol. The van der Waals surface area contributed by atoms with E-state index < -0.39 is 10.8 Å². The van der Waals surface area contributed by atoms with E-state index in [-0.39, 0.29) is 0 Å². The van der Waals surface area contributed by atoms with Gasteiger partial charge in [-0.1, -0.05) is 50.8 Å². The van der Waals surface area contributed by atoms with Gasteiger partial charge < -0.3 is 0 Å². The molecule has 2 unspecified atom stereocenters. The summed E-state index contributed by atoms with van der Waals surface area (Å²) in [5, 5.41) is 0. The highest BCUT2D eigenvalue weighted by molar-refractivity contribution is 7.85. The molecule has 2 atom stereocenters. The van der Waals surface area contributed by atoms with E-state index in [4.69, 9.17) is 0 Å². The lowest BCUT2D eigenvalue weighted by Gasteiger charge is -2.13. The first kappa shape index (κ1) is 14.4. The number of aryl methyl sites for hydroxylation is 1. The van der Waals surface area contributed by atoms with Crippen LogP contribution in [0.15, 0.2) is 29.2 Å². The van der Waals surface area contributed by atoms with Crippen molar-refractivity contribution in [2.75, 3.05) is 5.75 Å². The van der Waals surface area contributed by atoms with Crippen LogP contribution in [-0.4, -0.2) is 9.96 Å². The molecule has 0 saturated carbocycles. The van der Waals surface area contributed by atoms with Crippen LogP contribution >= 0.6 is 0 Å². The van der Waals surface area contributed by atoms with Gasteiger partial charge in [0.15, 0.2) is 0 Å². The van der Waals surface area contributed by atoms with Crippen molar-refractivity contribution < 1.29 is 4.21 Å². The molecule has 1 aromatic rings. The standard InChI is InChI=1S/C15H24OS/c1-4-6-7-14(5-2)12-17(16)15-10-8-13(3)9-11-15/h8-11,14H,4-7,12H2,1-3H3. The summed E-state index contributed by atoms with van der Waals surface area (Å²) in [4.78, 5) is 0.977. The molecule has 2 heteroatoms. The smallest absolute Gasteiger partial charge is 0.0532 e. The molecule has 1 nitrogen and oxygen atoms in total. The monoisotopic (exact) mass is 252 g/mol. The van der Waals surface area contributed by atoms with Crippen molar-refractivity contribution >= 4 is 10.8 Å². The Morgan fingerprint density at radius 3 is 2.35 bits per heavy atom. The molecular formula is C15H24OS. The van der Waals surface area contributed by atoms with Crippen LogP contribution in [0.1, 0.15) is 45.1 Å². The summed E-state index contributed by atoms with van der Waals surface area (Å²) in [6, 6.07) is 8.08. The molecule has 0 aliphatic heterocycles. The molecule has 0 spiro atoms. The van der Waals surface area contributed by atoms with Crippen LogP contribution in [-0.2, 0) is 10.8 Å². The third-order valence-corrected chi connectivity index (χ3v) is 4.79. The molecule has 0 N–H and O–H groups in total. The van der Waals surface area contributed by atoms with Crippen molar-refractivity contribution in [3.63, 3.8) is 0 Å². The van der Waals surface area contributed by atoms with Crippen molar-refractivity contribution in [3.05, 3.63) is 29.8 Å². The molecule has 1 rings (SSSR count). The molecule has 96 valence electrons. The number of hydrogen-bond donors (Lipinski definition) is 0. The summed E-state index contributed by atoms with van der Waals surface area (Å²) in [6.07, 6.45) is 4.83. The zero-order valence-corrected chi connectivity index (χ0v) is 12.1. The average Bonchev–Trinajstić information content (AvgIpc) is 2.35. The van der Waals surface area contributed by atoms with E-state index in [1.807, 2.05) is 24.3 Å². The molecule has 0 aliphatic rings. The Labute approximate surface area is 108 Å². The maximum Gasteiger partial charge on any atom is 0.0532 e. The van der Waals surface area contributed by atoms with Gasteiger partial charge in [0.1, 0.15) is 0 Å². The Morgan fingerprint density at radius 1 is 1.18 bits per heavy atom. The van der Waals surface area contributed by atoms with Gasteiger partial charge in [0.2, 0.25) is 0 Å². The zero-order valence-electron chi connectivity index (χ0n) is 11.2. The Balaban J connectivity index is 2.54. The second kappa shape index (κ2) is 7.65. The summed E-state index contributed by atoms with van der Waals surface area (Å²) < 4.78 is 12.2. The molecule has 1 aromatic carbocycles. The third kappa shape index (κ3) is 5.03. The van der Waals surface area contributed by atoms with Crippen LogP contribution in [0.4, 0.5) is 0 Å². The van der Waals surface area contributed by atoms with E-state index in [1.54, 1.807) is 0 Å². The topological polar surface area (TPSA) is 17.1 Å². The molecule has 0 amide bonds. The number of hydrogen-bond acceptors (Lipinski definition) is 1. The minimum absolute atomic E-state index is 0.608. The first-order valence-electron chi connectivity index (χ1n) is 6.62. The number of rotatable bonds is 7. The summed E-state index contributed by atoms with van der Waals surface area (Å²) in [5.74, 6) is 1.43. The minimum atomic E-state index is -0.825. The van der Waals surface area contributed by atoms with Crippen LogP contribution in [0.3, 0.4) is 0 Å². The molecule has 0 saturated heterocycles. The van der Waals surface area contributed by atoms with Crippen molar-refractivity contribution in [1.82, 2.24) is 0 Å². The van der Waals surface area contributed by atoms with Crippen LogP contribution in [0.5, 0.6) is 0 Å². The van der Waals surface area contributed by atoms with Gasteiger partial charge in [-0.3, -0.25) is 4.21 Å². The fraction of sp³-hybridized carbons (Fsp3) is 0.600. The van der Waals surface area contributed by atoms with Gasteiger partial charge in [-0.05, 0) is 31.4 Å². The van der Waals surface area contributed by atoms with E-state index in [0.717, 1.165) is 17.1 Å². The van der Waals surface area contributed by atoms with Crippen LogP contribution in [0, 0.1) is 12.8 Å². The number of unbranched alkanes of at least 4 members (excludes halogenated alkanes) is 1. The lowest BCUT2D eigenvalue weighted by molar-refractivity contribution is 0.494. The molecule has 0 aromatic heterocycles. The second-order valence-corrected chi connectivity index (χ2v) is 6.24. The molecule has 0 heterocycles. The predicted octanol–water partition coefficient (Wildman–Crippen LogP) is 4.32. The van der Waals surface area contributed by atoms with Gasteiger partial charge in [-0.2, -0.15) is 0 Å². The Kier molecular flexibility index (Phi) is 6.49. The van der Waals surface area contributed by atoms with Crippen LogP contribution in [0.2, 0.25) is 0 Å². The van der Waals surface area contributed by atoms with Gasteiger partial charge in [0.25, 0.3) is 0 Å². The number of benzene rings is 1. The Bertz CT molecular complexity index is 342. The summed E-state index contributed by atoms with van der Waals surface area (Å²) in [5.41, 5.74) is 1.23. The quantitative estimate of drug-likeness (QED) is 0.706. The van der Waals surface area contributed by atoms with Crippen LogP contribution < -0.4 is 0 Å². The SMILES string of the molecule is CCCCC(CC)CS(=O)c1ccc(C)cc1.